The molecule has 3 rings (SSSR count). The van der Waals surface area contributed by atoms with Crippen LogP contribution in [0.2, 0.25) is 0 Å². The molecule has 0 bridgehead atoms. The molecule has 5 amide bonds. The van der Waals surface area contributed by atoms with E-state index >= 15 is 0 Å². The van der Waals surface area contributed by atoms with Crippen molar-refractivity contribution >= 4 is 69.9 Å². The molecule has 0 saturated carbocycles. The topological polar surface area (TPSA) is 251 Å². The number of likely N-dealkylation sites (tertiary alicyclic amines) is 1. The third-order valence-electron chi connectivity index (χ3n) is 11.7. The van der Waals surface area contributed by atoms with Crippen LogP contribution in [0.25, 0.3) is 10.9 Å². The molecule has 0 radical (unpaired) electrons. The second-order valence-electron chi connectivity index (χ2n) is 18.4. The van der Waals surface area contributed by atoms with Crippen molar-refractivity contribution in [1.82, 2.24) is 30.3 Å². The number of hydrogen-bond acceptors (Lipinski definition) is 11. The fourth-order valence-electron chi connectivity index (χ4n) is 7.84. The average molecular weight is 898 g/mol. The maximum absolute atomic E-state index is 14.4. The molecule has 1 unspecified atom stereocenters. The number of aromatic nitrogens is 1. The van der Waals surface area contributed by atoms with E-state index in [-0.39, 0.29) is 73.5 Å². The highest BCUT2D eigenvalue weighted by molar-refractivity contribution is 8.00. The Labute approximate surface area is 374 Å². The number of thioether (sulfide) groups is 1. The van der Waals surface area contributed by atoms with Crippen molar-refractivity contribution in [2.24, 2.45) is 24.1 Å². The molecular formula is C45H67N7O10S. The van der Waals surface area contributed by atoms with Crippen LogP contribution >= 0.6 is 11.8 Å². The number of carbonyl (C=O) groups excluding carboxylic acids is 6. The number of imide groups is 1. The summed E-state index contributed by atoms with van der Waals surface area (Å²) in [6.07, 6.45) is 3.23. The van der Waals surface area contributed by atoms with Gasteiger partial charge in [0.15, 0.2) is 0 Å². The number of likely N-dealkylation sites (N-methyl/N-ethyl adjacent to an activating group) is 2. The largest absolute Gasteiger partial charge is 0.480 e. The number of carboxylic acids is 2. The number of fused-ring (bicyclic) bond motifs is 1. The summed E-state index contributed by atoms with van der Waals surface area (Å²) < 4.78 is 2.03. The molecular weight excluding hydrogens is 831 g/mol. The van der Waals surface area contributed by atoms with Crippen LogP contribution in [0.3, 0.4) is 0 Å². The predicted molar refractivity (Wildman–Crippen MR) is 242 cm³/mol. The van der Waals surface area contributed by atoms with E-state index in [1.54, 1.807) is 20.2 Å². The zero-order chi connectivity index (χ0) is 47.7. The van der Waals surface area contributed by atoms with Crippen molar-refractivity contribution in [3.05, 3.63) is 47.7 Å². The van der Waals surface area contributed by atoms with Crippen LogP contribution in [0, 0.1) is 11.3 Å². The Balaban J connectivity index is 1.65. The molecule has 0 spiro atoms. The number of aliphatic carboxylic acids is 2. The minimum absolute atomic E-state index is 0.0219. The van der Waals surface area contributed by atoms with Gasteiger partial charge in [-0.05, 0) is 49.8 Å². The second-order valence-corrected chi connectivity index (χ2v) is 19.6. The Hall–Kier alpha value is -5.07. The van der Waals surface area contributed by atoms with Crippen LogP contribution in [-0.4, -0.2) is 134 Å². The second kappa shape index (κ2) is 22.0. The van der Waals surface area contributed by atoms with Gasteiger partial charge in [-0.15, -0.1) is 11.8 Å². The summed E-state index contributed by atoms with van der Waals surface area (Å²) in [6.45, 7) is 14.8. The van der Waals surface area contributed by atoms with Gasteiger partial charge in [0.05, 0.1) is 17.3 Å². The number of para-hydroxylation sites is 1. The van der Waals surface area contributed by atoms with Gasteiger partial charge in [-0.3, -0.25) is 38.5 Å². The summed E-state index contributed by atoms with van der Waals surface area (Å²) in [4.78, 5) is 106. The summed E-state index contributed by atoms with van der Waals surface area (Å²) in [6, 6.07) is 3.07. The van der Waals surface area contributed by atoms with Gasteiger partial charge in [0.25, 0.3) is 0 Å². The molecule has 7 N–H and O–H groups in total. The van der Waals surface area contributed by atoms with Crippen molar-refractivity contribution < 1.29 is 48.6 Å². The number of Topliss-reactive ketones (excluding diaryl/α,β-unsaturated/α-hetero) is 1. The maximum atomic E-state index is 14.4. The Bertz CT molecular complexity index is 2070. The maximum Gasteiger partial charge on any atom is 0.326 e. The number of carbonyl (C=O) groups is 8. The number of ketones is 1. The van der Waals surface area contributed by atoms with E-state index in [9.17, 15) is 43.5 Å². The number of nitrogens with one attached hydrogen (secondary N) is 3. The van der Waals surface area contributed by atoms with E-state index in [1.165, 1.54) is 11.8 Å². The summed E-state index contributed by atoms with van der Waals surface area (Å²) in [5.41, 5.74) is 6.23. The van der Waals surface area contributed by atoms with Gasteiger partial charge < -0.3 is 41.4 Å². The molecule has 6 atom stereocenters. The number of hydrogen-bond donors (Lipinski definition) is 6. The molecule has 2 aromatic rings. The number of rotatable bonds is 23. The highest BCUT2D eigenvalue weighted by Crippen LogP contribution is 2.35. The number of carboxylic acid groups (broad SMARTS) is 2. The summed E-state index contributed by atoms with van der Waals surface area (Å²) >= 11 is 0.997. The lowest BCUT2D eigenvalue weighted by atomic mass is 9.76. The molecule has 1 aliphatic heterocycles. The lowest BCUT2D eigenvalue weighted by molar-refractivity contribution is -0.142. The number of nitrogens with zero attached hydrogens (tertiary/aromatic N) is 3. The Kier molecular flexibility index (Phi) is 18.3. The van der Waals surface area contributed by atoms with Crippen LogP contribution in [-0.2, 0) is 50.8 Å². The van der Waals surface area contributed by atoms with Crippen LogP contribution in [0.4, 0.5) is 0 Å². The van der Waals surface area contributed by atoms with Crippen molar-refractivity contribution in [3.63, 3.8) is 0 Å². The lowest BCUT2D eigenvalue weighted by Crippen LogP contribution is -2.61. The van der Waals surface area contributed by atoms with E-state index in [0.717, 1.165) is 33.1 Å². The minimum Gasteiger partial charge on any atom is -0.480 e. The average Bonchev–Trinajstić information content (AvgIpc) is 3.69. The smallest absolute Gasteiger partial charge is 0.326 e. The van der Waals surface area contributed by atoms with E-state index in [2.05, 4.69) is 16.0 Å². The standard InChI is InChI=1S/C45H67N7O10S/c1-25(2)33(51(11)41(58)37(44(4,5)6)49-39(56)36(47-9)45(7,8)29-23-50(10)32-17-13-12-16-28(29)32)21-26(3)38(55)48-31(43(61)62)19-18-27(53)15-14-20-52-35(54)22-34(40(52)57)63-24-30(46)42(59)60/h12-13,16-17,21,23,25,30-31,33-34,36-37,47H,14-15,18-20,22,24,46H2,1-11H3,(H,48,55)(H,49,56)(H,59,60)(H,61,62)/b26-21+/t30-,31+,33+,34?,36+,37+/m0/s1. The van der Waals surface area contributed by atoms with E-state index in [4.69, 9.17) is 10.8 Å². The fourth-order valence-corrected chi connectivity index (χ4v) is 8.95. The van der Waals surface area contributed by atoms with Crippen LogP contribution in [0.15, 0.2) is 42.1 Å². The Morgan fingerprint density at radius 3 is 2.19 bits per heavy atom. The molecule has 18 heteroatoms. The lowest BCUT2D eigenvalue weighted by Gasteiger charge is -2.39. The van der Waals surface area contributed by atoms with Crippen LogP contribution in [0.5, 0.6) is 0 Å². The number of nitrogens with two attached hydrogens (primary N) is 1. The molecule has 0 aliphatic carbocycles. The van der Waals surface area contributed by atoms with E-state index < -0.39 is 75.9 Å². The van der Waals surface area contributed by atoms with Gasteiger partial charge in [-0.25, -0.2) is 4.79 Å². The van der Waals surface area contributed by atoms with Crippen LogP contribution in [0.1, 0.15) is 93.1 Å². The predicted octanol–water partition coefficient (Wildman–Crippen LogP) is 2.98. The zero-order valence-corrected chi connectivity index (χ0v) is 39.3. The first-order valence-electron chi connectivity index (χ1n) is 21.2. The first-order chi connectivity index (χ1) is 29.2. The van der Waals surface area contributed by atoms with Crippen molar-refractivity contribution in [2.75, 3.05) is 26.4 Å². The summed E-state index contributed by atoms with van der Waals surface area (Å²) in [7, 11) is 5.27. The highest BCUT2D eigenvalue weighted by Gasteiger charge is 2.43. The quantitative estimate of drug-likeness (QED) is 0.0695. The number of benzene rings is 1. The van der Waals surface area contributed by atoms with Gasteiger partial charge >= 0.3 is 11.9 Å². The van der Waals surface area contributed by atoms with Crippen molar-refractivity contribution in [3.8, 4) is 0 Å². The normalized spacial score (nSPS) is 17.3. The third kappa shape index (κ3) is 13.2. The Morgan fingerprint density at radius 1 is 0.984 bits per heavy atom. The molecule has 2 heterocycles. The molecule has 1 fully saturated rings. The van der Waals surface area contributed by atoms with Gasteiger partial charge in [-0.1, -0.05) is 72.7 Å². The molecule has 1 aromatic heterocycles. The molecule has 63 heavy (non-hydrogen) atoms. The number of amides is 5. The van der Waals surface area contributed by atoms with E-state index in [0.29, 0.717) is 0 Å². The molecule has 348 valence electrons. The van der Waals surface area contributed by atoms with Crippen molar-refractivity contribution in [1.29, 1.82) is 0 Å². The molecule has 1 aromatic carbocycles. The monoisotopic (exact) mass is 897 g/mol. The molecule has 17 nitrogen and oxygen atoms in total. The zero-order valence-electron chi connectivity index (χ0n) is 38.4. The summed E-state index contributed by atoms with van der Waals surface area (Å²) in [5.74, 6) is -5.46. The summed E-state index contributed by atoms with van der Waals surface area (Å²) in [5, 5.41) is 27.9. The van der Waals surface area contributed by atoms with Crippen molar-refractivity contribution in [2.45, 2.75) is 128 Å². The SMILES string of the molecule is CN[C@H](C(=O)N[C@H](C(=O)N(C)[C@H](/C=C(\C)C(=O)N[C@H](CCC(=O)CCCN1C(=O)CC(SC[C@H](N)C(=O)O)C1=O)C(=O)O)C(C)C)C(C)(C)C)C(C)(C)c1cn(C)c2ccccc12. The first-order valence-corrected chi connectivity index (χ1v) is 22.3. The first kappa shape index (κ1) is 52.3. The van der Waals surface area contributed by atoms with Gasteiger partial charge in [0.1, 0.15) is 23.9 Å². The van der Waals surface area contributed by atoms with Gasteiger partial charge in [-0.2, -0.15) is 0 Å². The van der Waals surface area contributed by atoms with Gasteiger partial charge in [0.2, 0.25) is 29.5 Å². The third-order valence-corrected chi connectivity index (χ3v) is 13.0. The van der Waals surface area contributed by atoms with Gasteiger partial charge in [0, 0.05) is 73.7 Å². The Morgan fingerprint density at radius 2 is 1.62 bits per heavy atom. The highest BCUT2D eigenvalue weighted by atomic mass is 32.2. The number of aryl methyl sites for hydroxylation is 1. The molecule has 1 aliphatic rings. The fraction of sp³-hybridized carbons (Fsp3) is 0.600. The minimum atomic E-state index is -1.41. The van der Waals surface area contributed by atoms with E-state index in [1.807, 2.05) is 90.5 Å². The molecule has 1 saturated heterocycles. The van der Waals surface area contributed by atoms with Crippen LogP contribution < -0.4 is 21.7 Å².